The van der Waals surface area contributed by atoms with Gasteiger partial charge in [-0.05, 0) is 12.1 Å². The standard InChI is InChI=1S/C14H14ClF3N2S/c1-13(2,3)10-7-21-12(20-10)6-9-4-8(14(16,17)18)5-11(15)19-9/h4-5,7H,6H2,1-3H3. The molecule has 0 aromatic carbocycles. The maximum Gasteiger partial charge on any atom is 0.416 e. The van der Waals surface area contributed by atoms with E-state index < -0.39 is 11.7 Å². The molecule has 0 fully saturated rings. The van der Waals surface area contributed by atoms with Gasteiger partial charge in [-0.2, -0.15) is 13.2 Å². The summed E-state index contributed by atoms with van der Waals surface area (Å²) in [6.07, 6.45) is -4.19. The minimum atomic E-state index is -4.43. The Bertz CT molecular complexity index is 644. The maximum atomic E-state index is 12.7. The largest absolute Gasteiger partial charge is 0.416 e. The summed E-state index contributed by atoms with van der Waals surface area (Å²) in [5, 5.41) is 2.49. The number of aromatic nitrogens is 2. The smallest absolute Gasteiger partial charge is 0.245 e. The summed E-state index contributed by atoms with van der Waals surface area (Å²) in [6, 6.07) is 1.84. The number of rotatable bonds is 2. The lowest BCUT2D eigenvalue weighted by Crippen LogP contribution is -2.11. The van der Waals surface area contributed by atoms with Gasteiger partial charge in [0, 0.05) is 22.9 Å². The van der Waals surface area contributed by atoms with Gasteiger partial charge in [-0.15, -0.1) is 11.3 Å². The lowest BCUT2D eigenvalue weighted by atomic mass is 9.93. The summed E-state index contributed by atoms with van der Waals surface area (Å²) in [5.74, 6) is 0. The van der Waals surface area contributed by atoms with Crippen molar-refractivity contribution in [3.05, 3.63) is 44.6 Å². The Morgan fingerprint density at radius 3 is 2.33 bits per heavy atom. The molecule has 0 spiro atoms. The van der Waals surface area contributed by atoms with Crippen LogP contribution < -0.4 is 0 Å². The number of pyridine rings is 1. The average molecular weight is 335 g/mol. The van der Waals surface area contributed by atoms with E-state index in [4.69, 9.17) is 11.6 Å². The highest BCUT2D eigenvalue weighted by molar-refractivity contribution is 7.09. The van der Waals surface area contributed by atoms with Crippen LogP contribution in [0.1, 0.15) is 42.7 Å². The van der Waals surface area contributed by atoms with E-state index in [1.54, 1.807) is 0 Å². The fourth-order valence-corrected chi connectivity index (χ4v) is 2.96. The van der Waals surface area contributed by atoms with E-state index in [2.05, 4.69) is 9.97 Å². The molecule has 0 amide bonds. The molecule has 0 bridgehead atoms. The molecule has 0 aliphatic rings. The van der Waals surface area contributed by atoms with Gasteiger partial charge in [0.2, 0.25) is 0 Å². The van der Waals surface area contributed by atoms with Gasteiger partial charge in [-0.3, -0.25) is 0 Å². The predicted octanol–water partition coefficient (Wildman–Crippen LogP) is 5.10. The van der Waals surface area contributed by atoms with Gasteiger partial charge in [0.1, 0.15) is 5.15 Å². The van der Waals surface area contributed by atoms with Crippen molar-refractivity contribution >= 4 is 22.9 Å². The molecule has 2 aromatic heterocycles. The molecule has 2 rings (SSSR count). The average Bonchev–Trinajstić information content (AvgIpc) is 2.75. The van der Waals surface area contributed by atoms with E-state index in [1.807, 2.05) is 26.2 Å². The van der Waals surface area contributed by atoms with Crippen molar-refractivity contribution in [3.63, 3.8) is 0 Å². The first-order valence-electron chi connectivity index (χ1n) is 6.24. The molecule has 0 saturated carbocycles. The summed E-state index contributed by atoms with van der Waals surface area (Å²) in [4.78, 5) is 8.40. The second kappa shape index (κ2) is 5.57. The topological polar surface area (TPSA) is 25.8 Å². The fraction of sp³-hybridized carbons (Fsp3) is 0.429. The Balaban J connectivity index is 2.28. The normalized spacial score (nSPS) is 12.7. The van der Waals surface area contributed by atoms with Gasteiger partial charge < -0.3 is 0 Å². The number of halogens is 4. The van der Waals surface area contributed by atoms with Gasteiger partial charge in [-0.25, -0.2) is 9.97 Å². The SMILES string of the molecule is CC(C)(C)c1csc(Cc2cc(C(F)(F)F)cc(Cl)n2)n1. The highest BCUT2D eigenvalue weighted by Gasteiger charge is 2.31. The zero-order valence-corrected chi connectivity index (χ0v) is 13.3. The molecule has 0 saturated heterocycles. The van der Waals surface area contributed by atoms with Crippen molar-refractivity contribution in [3.8, 4) is 0 Å². The van der Waals surface area contributed by atoms with Crippen LogP contribution in [-0.4, -0.2) is 9.97 Å². The highest BCUT2D eigenvalue weighted by Crippen LogP contribution is 2.32. The van der Waals surface area contributed by atoms with Crippen LogP contribution in [0.5, 0.6) is 0 Å². The molecule has 0 radical (unpaired) electrons. The first-order valence-corrected chi connectivity index (χ1v) is 7.50. The molecule has 7 heteroatoms. The van der Waals surface area contributed by atoms with Crippen LogP contribution in [0.15, 0.2) is 17.5 Å². The second-order valence-corrected chi connectivity index (χ2v) is 7.05. The maximum absolute atomic E-state index is 12.7. The van der Waals surface area contributed by atoms with Crippen LogP contribution in [-0.2, 0) is 18.0 Å². The molecule has 0 N–H and O–H groups in total. The van der Waals surface area contributed by atoms with Crippen molar-refractivity contribution in [1.82, 2.24) is 9.97 Å². The zero-order valence-electron chi connectivity index (χ0n) is 11.8. The lowest BCUT2D eigenvalue weighted by molar-refractivity contribution is -0.137. The first-order chi connectivity index (χ1) is 9.55. The quantitative estimate of drug-likeness (QED) is 0.714. The Hall–Kier alpha value is -1.14. The van der Waals surface area contributed by atoms with Gasteiger partial charge in [0.15, 0.2) is 0 Å². The third kappa shape index (κ3) is 4.17. The highest BCUT2D eigenvalue weighted by atomic mass is 35.5. The molecule has 114 valence electrons. The summed E-state index contributed by atoms with van der Waals surface area (Å²) < 4.78 is 38.2. The van der Waals surface area contributed by atoms with Gasteiger partial charge >= 0.3 is 6.18 Å². The fourth-order valence-electron chi connectivity index (χ4n) is 1.70. The van der Waals surface area contributed by atoms with Crippen LogP contribution in [0.2, 0.25) is 5.15 Å². The van der Waals surface area contributed by atoms with E-state index in [-0.39, 0.29) is 22.7 Å². The van der Waals surface area contributed by atoms with E-state index >= 15 is 0 Å². The van der Waals surface area contributed by atoms with Crippen molar-refractivity contribution in [2.75, 3.05) is 0 Å². The molecule has 0 aliphatic heterocycles. The number of hydrogen-bond acceptors (Lipinski definition) is 3. The molecular weight excluding hydrogens is 321 g/mol. The molecule has 2 nitrogen and oxygen atoms in total. The number of hydrogen-bond donors (Lipinski definition) is 0. The lowest BCUT2D eigenvalue weighted by Gasteiger charge is -2.14. The van der Waals surface area contributed by atoms with Crippen molar-refractivity contribution in [2.24, 2.45) is 0 Å². The van der Waals surface area contributed by atoms with Crippen LogP contribution in [0, 0.1) is 0 Å². The molecular formula is C14H14ClF3N2S. The molecule has 0 aliphatic carbocycles. The number of alkyl halides is 3. The minimum Gasteiger partial charge on any atom is -0.245 e. The molecule has 2 aromatic rings. The Morgan fingerprint density at radius 2 is 1.81 bits per heavy atom. The van der Waals surface area contributed by atoms with Crippen LogP contribution in [0.25, 0.3) is 0 Å². The van der Waals surface area contributed by atoms with E-state index in [0.717, 1.165) is 22.8 Å². The minimum absolute atomic E-state index is 0.0896. The first kappa shape index (κ1) is 16.2. The molecule has 21 heavy (non-hydrogen) atoms. The number of nitrogens with zero attached hydrogens (tertiary/aromatic N) is 2. The third-order valence-corrected chi connectivity index (χ3v) is 3.87. The summed E-state index contributed by atoms with van der Waals surface area (Å²) >= 11 is 7.09. The van der Waals surface area contributed by atoms with E-state index in [1.165, 1.54) is 11.3 Å². The molecule has 0 atom stereocenters. The van der Waals surface area contributed by atoms with Gasteiger partial charge in [0.05, 0.1) is 16.3 Å². The summed E-state index contributed by atoms with van der Waals surface area (Å²) in [5.41, 5.74) is 0.309. The Kier molecular flexibility index (Phi) is 4.31. The summed E-state index contributed by atoms with van der Waals surface area (Å²) in [6.45, 7) is 6.10. The molecule has 2 heterocycles. The summed E-state index contributed by atoms with van der Waals surface area (Å²) in [7, 11) is 0. The van der Waals surface area contributed by atoms with Crippen molar-refractivity contribution < 1.29 is 13.2 Å². The van der Waals surface area contributed by atoms with E-state index in [0.29, 0.717) is 0 Å². The predicted molar refractivity (Wildman–Crippen MR) is 77.9 cm³/mol. The third-order valence-electron chi connectivity index (χ3n) is 2.83. The van der Waals surface area contributed by atoms with Gasteiger partial charge in [0.25, 0.3) is 0 Å². The Morgan fingerprint density at radius 1 is 1.14 bits per heavy atom. The van der Waals surface area contributed by atoms with Crippen molar-refractivity contribution in [1.29, 1.82) is 0 Å². The monoisotopic (exact) mass is 334 g/mol. The second-order valence-electron chi connectivity index (χ2n) is 5.72. The van der Waals surface area contributed by atoms with Crippen LogP contribution >= 0.6 is 22.9 Å². The van der Waals surface area contributed by atoms with E-state index in [9.17, 15) is 13.2 Å². The molecule has 0 unspecified atom stereocenters. The number of thiazole rings is 1. The zero-order chi connectivity index (χ0) is 15.8. The van der Waals surface area contributed by atoms with Crippen LogP contribution in [0.3, 0.4) is 0 Å². The van der Waals surface area contributed by atoms with Crippen LogP contribution in [0.4, 0.5) is 13.2 Å². The Labute approximate surface area is 130 Å². The van der Waals surface area contributed by atoms with Crippen molar-refractivity contribution in [2.45, 2.75) is 38.8 Å². The van der Waals surface area contributed by atoms with Gasteiger partial charge in [-0.1, -0.05) is 32.4 Å².